The summed E-state index contributed by atoms with van der Waals surface area (Å²) in [6.45, 7) is 2.68. The summed E-state index contributed by atoms with van der Waals surface area (Å²) >= 11 is 1.69. The zero-order valence-electron chi connectivity index (χ0n) is 11.4. The minimum absolute atomic E-state index is 0.0465. The molecule has 1 heterocycles. The molecule has 0 spiro atoms. The summed E-state index contributed by atoms with van der Waals surface area (Å²) in [7, 11) is 0. The number of nitrogens with zero attached hydrogens (tertiary/aromatic N) is 1. The van der Waals surface area contributed by atoms with Crippen molar-refractivity contribution in [2.24, 2.45) is 0 Å². The molecule has 1 aromatic rings. The third-order valence-electron chi connectivity index (χ3n) is 3.30. The largest absolute Gasteiger partial charge is 0.378 e. The Morgan fingerprint density at radius 1 is 1.50 bits per heavy atom. The molecule has 1 aliphatic heterocycles. The fourth-order valence-corrected chi connectivity index (χ4v) is 2.30. The molecule has 0 aromatic heterocycles. The van der Waals surface area contributed by atoms with Crippen molar-refractivity contribution in [3.8, 4) is 0 Å². The van der Waals surface area contributed by atoms with Gasteiger partial charge in [-0.3, -0.25) is 14.9 Å². The minimum atomic E-state index is -0.386. The molecule has 0 saturated carbocycles. The zero-order chi connectivity index (χ0) is 14.7. The van der Waals surface area contributed by atoms with Crippen molar-refractivity contribution < 1.29 is 9.72 Å². The second-order valence-electron chi connectivity index (χ2n) is 4.76. The quantitative estimate of drug-likeness (QED) is 0.644. The number of carbonyl (C=O) groups is 1. The lowest BCUT2D eigenvalue weighted by molar-refractivity contribution is -0.384. The summed E-state index contributed by atoms with van der Waals surface area (Å²) in [6.07, 6.45) is 2.91. The number of fused-ring (bicyclic) bond motifs is 1. The van der Waals surface area contributed by atoms with E-state index < -0.39 is 0 Å². The number of aryl methyl sites for hydroxylation is 1. The van der Waals surface area contributed by atoms with Crippen LogP contribution < -0.4 is 10.6 Å². The van der Waals surface area contributed by atoms with Gasteiger partial charge in [-0.1, -0.05) is 6.92 Å². The van der Waals surface area contributed by atoms with E-state index in [4.69, 9.17) is 0 Å². The highest BCUT2D eigenvalue weighted by Gasteiger charge is 2.22. The first-order valence-corrected chi connectivity index (χ1v) is 7.68. The van der Waals surface area contributed by atoms with Crippen molar-refractivity contribution in [2.75, 3.05) is 23.4 Å². The summed E-state index contributed by atoms with van der Waals surface area (Å²) in [5, 5.41) is 17.4. The normalized spacial score (nSPS) is 15.2. The molecule has 2 N–H and O–H groups in total. The molecule has 2 rings (SSSR count). The van der Waals surface area contributed by atoms with Gasteiger partial charge in [-0.15, -0.1) is 0 Å². The molecule has 0 fully saturated rings. The van der Waals surface area contributed by atoms with Gasteiger partial charge < -0.3 is 10.6 Å². The number of nitrogens with one attached hydrogen (secondary N) is 2. The van der Waals surface area contributed by atoms with E-state index in [0.717, 1.165) is 5.56 Å². The van der Waals surface area contributed by atoms with Crippen molar-refractivity contribution in [2.45, 2.75) is 25.0 Å². The van der Waals surface area contributed by atoms with E-state index >= 15 is 0 Å². The Labute approximate surface area is 121 Å². The van der Waals surface area contributed by atoms with Crippen LogP contribution in [0.1, 0.15) is 18.9 Å². The van der Waals surface area contributed by atoms with Crippen molar-refractivity contribution in [1.82, 2.24) is 0 Å². The van der Waals surface area contributed by atoms with Crippen LogP contribution in [0.3, 0.4) is 0 Å². The van der Waals surface area contributed by atoms with Gasteiger partial charge in [0.2, 0.25) is 5.91 Å². The van der Waals surface area contributed by atoms with Crippen LogP contribution >= 0.6 is 11.8 Å². The average Bonchev–Trinajstić information content (AvgIpc) is 2.43. The Morgan fingerprint density at radius 3 is 2.90 bits per heavy atom. The number of hydrogen-bond donors (Lipinski definition) is 2. The monoisotopic (exact) mass is 295 g/mol. The Bertz CT molecular complexity index is 548. The first-order chi connectivity index (χ1) is 9.51. The minimum Gasteiger partial charge on any atom is -0.378 e. The Kier molecular flexibility index (Phi) is 4.49. The molecule has 1 aromatic carbocycles. The SMILES string of the molecule is CSC(C)CNc1cc2c(cc1[N+](=O)[O-])CCC(=O)N2. The standard InChI is InChI=1S/C13H17N3O3S/c1-8(20-2)7-14-11-6-10-9(3-4-13(17)15-10)5-12(11)16(18)19/h5-6,8,14H,3-4,7H2,1-2H3,(H,15,17). The van der Waals surface area contributed by atoms with Crippen LogP contribution in [0.15, 0.2) is 12.1 Å². The molecule has 0 saturated heterocycles. The third-order valence-corrected chi connectivity index (χ3v) is 4.27. The first kappa shape index (κ1) is 14.6. The van der Waals surface area contributed by atoms with Crippen LogP contribution in [-0.4, -0.2) is 28.9 Å². The third kappa shape index (κ3) is 3.22. The molecular formula is C13H17N3O3S. The van der Waals surface area contributed by atoms with E-state index in [9.17, 15) is 14.9 Å². The lowest BCUT2D eigenvalue weighted by Gasteiger charge is -2.19. The van der Waals surface area contributed by atoms with Crippen molar-refractivity contribution in [1.29, 1.82) is 0 Å². The molecule has 0 radical (unpaired) electrons. The van der Waals surface area contributed by atoms with Gasteiger partial charge >= 0.3 is 0 Å². The van der Waals surface area contributed by atoms with E-state index in [2.05, 4.69) is 10.6 Å². The molecule has 6 nitrogen and oxygen atoms in total. The van der Waals surface area contributed by atoms with Crippen molar-refractivity contribution in [3.63, 3.8) is 0 Å². The summed E-state index contributed by atoms with van der Waals surface area (Å²) < 4.78 is 0. The summed E-state index contributed by atoms with van der Waals surface area (Å²) in [6, 6.07) is 3.22. The van der Waals surface area contributed by atoms with E-state index in [0.29, 0.717) is 36.0 Å². The maximum absolute atomic E-state index is 11.4. The summed E-state index contributed by atoms with van der Waals surface area (Å²) in [5.41, 5.74) is 2.01. The maximum Gasteiger partial charge on any atom is 0.292 e. The molecule has 108 valence electrons. The molecule has 1 atom stereocenters. The fourth-order valence-electron chi connectivity index (χ4n) is 2.05. The van der Waals surface area contributed by atoms with Crippen LogP contribution in [0.5, 0.6) is 0 Å². The number of carbonyl (C=O) groups excluding carboxylic acids is 1. The predicted molar refractivity (Wildman–Crippen MR) is 81.5 cm³/mol. The van der Waals surface area contributed by atoms with Gasteiger partial charge in [0.05, 0.1) is 4.92 Å². The van der Waals surface area contributed by atoms with Gasteiger partial charge in [0.25, 0.3) is 5.69 Å². The van der Waals surface area contributed by atoms with Gasteiger partial charge in [0.1, 0.15) is 5.69 Å². The number of amides is 1. The lowest BCUT2D eigenvalue weighted by Crippen LogP contribution is -2.20. The van der Waals surface area contributed by atoms with Gasteiger partial charge in [-0.2, -0.15) is 11.8 Å². The van der Waals surface area contributed by atoms with Crippen LogP contribution in [-0.2, 0) is 11.2 Å². The first-order valence-electron chi connectivity index (χ1n) is 6.39. The second-order valence-corrected chi connectivity index (χ2v) is 6.04. The highest BCUT2D eigenvalue weighted by molar-refractivity contribution is 7.99. The summed E-state index contributed by atoms with van der Waals surface area (Å²) in [4.78, 5) is 22.2. The maximum atomic E-state index is 11.4. The van der Waals surface area contributed by atoms with Crippen LogP contribution in [0.4, 0.5) is 17.1 Å². The average molecular weight is 295 g/mol. The Balaban J connectivity index is 2.30. The van der Waals surface area contributed by atoms with Crippen LogP contribution in [0.25, 0.3) is 0 Å². The van der Waals surface area contributed by atoms with E-state index in [1.807, 2.05) is 13.2 Å². The number of nitro benzene ring substituents is 1. The number of nitro groups is 1. The number of benzene rings is 1. The molecular weight excluding hydrogens is 278 g/mol. The van der Waals surface area contributed by atoms with Crippen molar-refractivity contribution >= 4 is 34.7 Å². The van der Waals surface area contributed by atoms with E-state index in [1.165, 1.54) is 0 Å². The molecule has 0 bridgehead atoms. The Hall–Kier alpha value is -1.76. The number of anilines is 2. The molecule has 0 aliphatic carbocycles. The Morgan fingerprint density at radius 2 is 2.25 bits per heavy atom. The van der Waals surface area contributed by atoms with Crippen LogP contribution in [0, 0.1) is 10.1 Å². The van der Waals surface area contributed by atoms with Gasteiger partial charge in [0.15, 0.2) is 0 Å². The number of thioether (sulfide) groups is 1. The molecule has 1 aliphatic rings. The molecule has 20 heavy (non-hydrogen) atoms. The fraction of sp³-hybridized carbons (Fsp3) is 0.462. The summed E-state index contributed by atoms with van der Waals surface area (Å²) in [5.74, 6) is -0.0465. The zero-order valence-corrected chi connectivity index (χ0v) is 12.3. The van der Waals surface area contributed by atoms with Gasteiger partial charge in [0, 0.05) is 30.0 Å². The molecule has 1 amide bonds. The highest BCUT2D eigenvalue weighted by Crippen LogP contribution is 2.34. The molecule has 1 unspecified atom stereocenters. The topological polar surface area (TPSA) is 84.3 Å². The number of hydrogen-bond acceptors (Lipinski definition) is 5. The van der Waals surface area contributed by atoms with E-state index in [1.54, 1.807) is 23.9 Å². The van der Waals surface area contributed by atoms with Crippen LogP contribution in [0.2, 0.25) is 0 Å². The van der Waals surface area contributed by atoms with Crippen molar-refractivity contribution in [3.05, 3.63) is 27.8 Å². The predicted octanol–water partition coefficient (Wildman–Crippen LogP) is 2.64. The smallest absolute Gasteiger partial charge is 0.292 e. The molecule has 7 heteroatoms. The lowest BCUT2D eigenvalue weighted by atomic mass is 10.0. The van der Waals surface area contributed by atoms with E-state index in [-0.39, 0.29) is 16.5 Å². The van der Waals surface area contributed by atoms with Gasteiger partial charge in [-0.25, -0.2) is 0 Å². The second kappa shape index (κ2) is 6.13. The van der Waals surface area contributed by atoms with Gasteiger partial charge in [-0.05, 0) is 24.3 Å². The number of rotatable bonds is 5. The highest BCUT2D eigenvalue weighted by atomic mass is 32.2.